The molecule has 0 fully saturated rings. The van der Waals surface area contributed by atoms with Crippen LogP contribution in [0.25, 0.3) is 0 Å². The number of hydrazine groups is 1. The summed E-state index contributed by atoms with van der Waals surface area (Å²) in [6.07, 6.45) is 0. The lowest BCUT2D eigenvalue weighted by Gasteiger charge is -2.15. The Labute approximate surface area is 122 Å². The Morgan fingerprint density at radius 2 is 2.15 bits per heavy atom. The number of ether oxygens (including phenoxy) is 1. The number of methoxy groups -OCH3 is 1. The third-order valence-corrected chi connectivity index (χ3v) is 4.28. The van der Waals surface area contributed by atoms with Gasteiger partial charge in [0.05, 0.1) is 22.5 Å². The average Bonchev–Trinajstić information content (AvgIpc) is 2.44. The van der Waals surface area contributed by atoms with Crippen LogP contribution in [0.3, 0.4) is 0 Å². The van der Waals surface area contributed by atoms with E-state index in [1.807, 2.05) is 0 Å². The van der Waals surface area contributed by atoms with Crippen molar-refractivity contribution in [3.63, 3.8) is 0 Å². The van der Waals surface area contributed by atoms with Crippen molar-refractivity contribution in [3.8, 4) is 0 Å². The number of halogens is 1. The minimum Gasteiger partial charge on any atom is -0.465 e. The van der Waals surface area contributed by atoms with Gasteiger partial charge in [-0.2, -0.15) is 4.41 Å². The first-order valence-corrected chi connectivity index (χ1v) is 6.71. The van der Waals surface area contributed by atoms with Crippen LogP contribution in [0.1, 0.15) is 10.4 Å². The molecule has 0 saturated heterocycles. The Morgan fingerprint density at radius 1 is 1.55 bits per heavy atom. The van der Waals surface area contributed by atoms with Gasteiger partial charge in [0.1, 0.15) is 16.0 Å². The zero-order valence-corrected chi connectivity index (χ0v) is 12.4. The fourth-order valence-corrected chi connectivity index (χ4v) is 2.63. The summed E-state index contributed by atoms with van der Waals surface area (Å²) in [6.45, 7) is 0. The van der Waals surface area contributed by atoms with Crippen molar-refractivity contribution < 1.29 is 18.7 Å². The second-order valence-electron chi connectivity index (χ2n) is 3.53. The van der Waals surface area contributed by atoms with E-state index in [2.05, 4.69) is 10.2 Å². The molecule has 1 atom stereocenters. The topological polar surface area (TPSA) is 102 Å². The summed E-state index contributed by atoms with van der Waals surface area (Å²) in [5.41, 5.74) is 1.98. The number of nitro groups is 1. The lowest BCUT2D eigenvalue weighted by molar-refractivity contribution is -0.384. The normalized spacial score (nSPS) is 12.2. The Morgan fingerprint density at radius 3 is 2.60 bits per heavy atom. The summed E-state index contributed by atoms with van der Waals surface area (Å²) in [5, 5.41) is 10.7. The van der Waals surface area contributed by atoms with Crippen LogP contribution in [0.2, 0.25) is 5.02 Å². The lowest BCUT2D eigenvalue weighted by atomic mass is 10.2. The van der Waals surface area contributed by atoms with Gasteiger partial charge in [0, 0.05) is 13.1 Å². The van der Waals surface area contributed by atoms with E-state index in [1.165, 1.54) is 24.6 Å². The number of benzene rings is 1. The maximum Gasteiger partial charge on any atom is 0.338 e. The lowest BCUT2D eigenvalue weighted by Crippen LogP contribution is -2.32. The fraction of sp³-hybridized carbons (Fsp3) is 0.300. The molecule has 1 N–H and O–H groups in total. The van der Waals surface area contributed by atoms with E-state index in [0.29, 0.717) is 0 Å². The first-order valence-electron chi connectivity index (χ1n) is 5.22. The minimum atomic E-state index is -1.82. The quantitative estimate of drug-likeness (QED) is 0.495. The largest absolute Gasteiger partial charge is 0.465 e. The number of hydrogen-bond acceptors (Lipinski definition) is 6. The van der Waals surface area contributed by atoms with E-state index < -0.39 is 27.6 Å². The van der Waals surface area contributed by atoms with Crippen LogP contribution < -0.4 is 5.43 Å². The molecular weight excluding hydrogens is 310 g/mol. The van der Waals surface area contributed by atoms with Crippen molar-refractivity contribution in [2.45, 2.75) is 4.90 Å². The van der Waals surface area contributed by atoms with E-state index in [-0.39, 0.29) is 15.5 Å². The van der Waals surface area contributed by atoms with E-state index in [9.17, 15) is 19.1 Å². The molecule has 0 aliphatic rings. The smallest absolute Gasteiger partial charge is 0.338 e. The van der Waals surface area contributed by atoms with E-state index >= 15 is 0 Å². The fourth-order valence-electron chi connectivity index (χ4n) is 1.31. The van der Waals surface area contributed by atoms with Crippen LogP contribution in [0.5, 0.6) is 0 Å². The Bertz CT molecular complexity index is 580. The summed E-state index contributed by atoms with van der Waals surface area (Å²) >= 11 is 5.88. The summed E-state index contributed by atoms with van der Waals surface area (Å²) < 4.78 is 17.8. The molecule has 0 heterocycles. The molecule has 0 saturated carbocycles. The maximum atomic E-state index is 12.1. The molecule has 110 valence electrons. The zero-order chi connectivity index (χ0) is 15.4. The first kappa shape index (κ1) is 16.5. The van der Waals surface area contributed by atoms with Crippen molar-refractivity contribution in [1.82, 2.24) is 9.84 Å². The molecule has 1 aromatic rings. The second kappa shape index (κ2) is 6.75. The first-order chi connectivity index (χ1) is 9.33. The molecule has 1 unspecified atom stereocenters. The molecule has 0 amide bonds. The number of carbonyl (C=O) groups is 1. The molecule has 0 spiro atoms. The molecule has 8 nitrogen and oxygen atoms in total. The van der Waals surface area contributed by atoms with E-state index in [1.54, 1.807) is 0 Å². The highest BCUT2D eigenvalue weighted by molar-refractivity contribution is 7.82. The third kappa shape index (κ3) is 3.31. The number of nitrogens with zero attached hydrogens (tertiary/aromatic N) is 2. The van der Waals surface area contributed by atoms with Gasteiger partial charge in [0.2, 0.25) is 0 Å². The Balaban J connectivity index is 3.50. The molecule has 1 rings (SSSR count). The molecule has 0 bridgehead atoms. The number of rotatable bonds is 5. The number of hydrogen-bond donors (Lipinski definition) is 1. The molecular formula is C10H12ClN3O5S. The zero-order valence-electron chi connectivity index (χ0n) is 10.9. The van der Waals surface area contributed by atoms with Crippen LogP contribution in [-0.4, -0.2) is 40.7 Å². The van der Waals surface area contributed by atoms with Crippen LogP contribution in [0, 0.1) is 10.1 Å². The minimum absolute atomic E-state index is 0.0573. The summed E-state index contributed by atoms with van der Waals surface area (Å²) in [5.74, 6) is -0.782. The van der Waals surface area contributed by atoms with Gasteiger partial charge in [-0.1, -0.05) is 11.6 Å². The van der Waals surface area contributed by atoms with Gasteiger partial charge < -0.3 is 4.74 Å². The van der Waals surface area contributed by atoms with E-state index in [0.717, 1.165) is 13.2 Å². The van der Waals surface area contributed by atoms with Crippen molar-refractivity contribution in [2.24, 2.45) is 0 Å². The highest BCUT2D eigenvalue weighted by atomic mass is 35.5. The number of nitro benzene ring substituents is 1. The van der Waals surface area contributed by atoms with Gasteiger partial charge in [-0.05, 0) is 13.1 Å². The summed E-state index contributed by atoms with van der Waals surface area (Å²) in [7, 11) is 2.30. The Kier molecular flexibility index (Phi) is 5.57. The second-order valence-corrected chi connectivity index (χ2v) is 5.39. The van der Waals surface area contributed by atoms with Gasteiger partial charge in [-0.3, -0.25) is 10.1 Å². The van der Waals surface area contributed by atoms with E-state index in [4.69, 9.17) is 11.6 Å². The van der Waals surface area contributed by atoms with Gasteiger partial charge in [0.15, 0.2) is 0 Å². The van der Waals surface area contributed by atoms with Crippen molar-refractivity contribution in [1.29, 1.82) is 0 Å². The molecule has 20 heavy (non-hydrogen) atoms. The summed E-state index contributed by atoms with van der Waals surface area (Å²) in [4.78, 5) is 21.6. The molecule has 0 aromatic heterocycles. The highest BCUT2D eigenvalue weighted by Gasteiger charge is 2.25. The summed E-state index contributed by atoms with van der Waals surface area (Å²) in [6, 6.07) is 2.18. The molecule has 1 aromatic carbocycles. The van der Waals surface area contributed by atoms with Gasteiger partial charge in [0.25, 0.3) is 5.69 Å². The van der Waals surface area contributed by atoms with Gasteiger partial charge in [-0.25, -0.2) is 14.4 Å². The standard InChI is InChI=1S/C10H12ClN3O5S/c1-12-13(2)20(18)8-5-6(10(15)19-3)4-7(9(8)11)14(16)17/h4-5,12H,1-3H3. The molecule has 0 aliphatic heterocycles. The maximum absolute atomic E-state index is 12.1. The molecule has 0 radical (unpaired) electrons. The molecule has 0 aliphatic carbocycles. The van der Waals surface area contributed by atoms with Crippen molar-refractivity contribution >= 4 is 34.2 Å². The van der Waals surface area contributed by atoms with Crippen molar-refractivity contribution in [3.05, 3.63) is 32.8 Å². The predicted octanol–water partition coefficient (Wildman–Crippen LogP) is 1.12. The van der Waals surface area contributed by atoms with Gasteiger partial charge in [-0.15, -0.1) is 0 Å². The highest BCUT2D eigenvalue weighted by Crippen LogP contribution is 2.32. The molecule has 10 heteroatoms. The third-order valence-electron chi connectivity index (χ3n) is 2.39. The van der Waals surface area contributed by atoms with Crippen LogP contribution in [0.15, 0.2) is 17.0 Å². The predicted molar refractivity (Wildman–Crippen MR) is 72.7 cm³/mol. The van der Waals surface area contributed by atoms with Crippen LogP contribution >= 0.6 is 11.6 Å². The monoisotopic (exact) mass is 321 g/mol. The number of esters is 1. The van der Waals surface area contributed by atoms with Gasteiger partial charge >= 0.3 is 5.97 Å². The SMILES string of the molecule is CNN(C)S(=O)c1cc(C(=O)OC)cc([N+](=O)[O-])c1Cl. The number of carbonyl (C=O) groups excluding carboxylic acids is 1. The van der Waals surface area contributed by atoms with Crippen molar-refractivity contribution in [2.75, 3.05) is 21.2 Å². The van der Waals surface area contributed by atoms with Crippen LogP contribution in [0.4, 0.5) is 5.69 Å². The Hall–Kier alpha value is -1.55. The average molecular weight is 322 g/mol. The number of nitrogens with one attached hydrogen (secondary N) is 1. The van der Waals surface area contributed by atoms with Crippen LogP contribution in [-0.2, 0) is 15.7 Å².